The molecular weight excluding hydrogens is 280 g/mol. The van der Waals surface area contributed by atoms with Crippen molar-refractivity contribution in [2.24, 2.45) is 0 Å². The zero-order chi connectivity index (χ0) is 14.4. The van der Waals surface area contributed by atoms with Crippen LogP contribution in [0, 0.1) is 0 Å². The Bertz CT molecular complexity index is 590. The number of carbonyl (C=O) groups is 1. The minimum Gasteiger partial charge on any atom is -0.383 e. The van der Waals surface area contributed by atoms with E-state index >= 15 is 0 Å². The topological polar surface area (TPSA) is 91.1 Å². The van der Waals surface area contributed by atoms with Crippen molar-refractivity contribution in [2.75, 3.05) is 20.3 Å². The van der Waals surface area contributed by atoms with Crippen molar-refractivity contribution >= 4 is 17.2 Å². The lowest BCUT2D eigenvalue weighted by molar-refractivity contribution is -0.131. The molecule has 1 amide bonds. The summed E-state index contributed by atoms with van der Waals surface area (Å²) in [6, 6.07) is 3.93. The molecule has 2 aromatic rings. The lowest BCUT2D eigenvalue weighted by atomic mass is 10.3. The minimum atomic E-state index is -0.408. The average molecular weight is 296 g/mol. The number of carbonyl (C=O) groups excluding carboxylic acids is 1. The smallest absolute Gasteiger partial charge is 0.340 e. The summed E-state index contributed by atoms with van der Waals surface area (Å²) in [5.74, 6) is 0.242. The summed E-state index contributed by atoms with van der Waals surface area (Å²) in [7, 11) is 1.60. The summed E-state index contributed by atoms with van der Waals surface area (Å²) < 4.78 is 5.03. The number of ether oxygens (including phenoxy) is 1. The van der Waals surface area contributed by atoms with Gasteiger partial charge >= 0.3 is 5.69 Å². The zero-order valence-corrected chi connectivity index (χ0v) is 11.9. The molecule has 2 N–H and O–H groups in total. The number of methoxy groups -OCH3 is 1. The van der Waals surface area contributed by atoms with Crippen molar-refractivity contribution in [3.63, 3.8) is 0 Å². The van der Waals surface area contributed by atoms with Gasteiger partial charge in [-0.2, -0.15) is 5.10 Å². The van der Waals surface area contributed by atoms with Gasteiger partial charge in [-0.1, -0.05) is 6.07 Å². The fraction of sp³-hybridized carbons (Fsp3) is 0.417. The van der Waals surface area contributed by atoms with E-state index in [4.69, 9.17) is 4.74 Å². The van der Waals surface area contributed by atoms with Gasteiger partial charge in [0.05, 0.1) is 19.6 Å². The van der Waals surface area contributed by atoms with E-state index in [0.717, 1.165) is 4.88 Å². The highest BCUT2D eigenvalue weighted by molar-refractivity contribution is 7.09. The second-order valence-electron chi connectivity index (χ2n) is 4.19. The first kappa shape index (κ1) is 14.5. The highest BCUT2D eigenvalue weighted by atomic mass is 32.1. The van der Waals surface area contributed by atoms with Gasteiger partial charge in [-0.15, -0.1) is 11.3 Å². The molecule has 0 aliphatic heterocycles. The minimum absolute atomic E-state index is 0.0633. The van der Waals surface area contributed by atoms with Crippen LogP contribution in [-0.4, -0.2) is 46.2 Å². The Kier molecular flexibility index (Phi) is 5.08. The Balaban J connectivity index is 2.01. The highest BCUT2D eigenvalue weighted by Crippen LogP contribution is 2.12. The molecule has 7 nitrogen and oxygen atoms in total. The number of hydrogen-bond acceptors (Lipinski definition) is 5. The Hall–Kier alpha value is -1.93. The standard InChI is InChI=1S/C12H16N4O3S/c1-19-5-4-16(8-9-3-2-6-20-9)11(17)7-10-13-12(18)15-14-10/h2-3,6H,4-5,7-8H2,1H3,(H2,13,14,15,18). The van der Waals surface area contributed by atoms with E-state index < -0.39 is 5.69 Å². The van der Waals surface area contributed by atoms with Crippen LogP contribution < -0.4 is 5.69 Å². The molecule has 0 fully saturated rings. The van der Waals surface area contributed by atoms with E-state index in [-0.39, 0.29) is 12.3 Å². The van der Waals surface area contributed by atoms with Crippen LogP contribution in [0.2, 0.25) is 0 Å². The van der Waals surface area contributed by atoms with E-state index in [1.54, 1.807) is 23.3 Å². The number of hydrogen-bond donors (Lipinski definition) is 2. The molecule has 0 atom stereocenters. The normalized spacial score (nSPS) is 10.7. The lowest BCUT2D eigenvalue weighted by Gasteiger charge is -2.21. The van der Waals surface area contributed by atoms with Crippen LogP contribution in [-0.2, 0) is 22.5 Å². The molecule has 0 aromatic carbocycles. The molecule has 0 saturated heterocycles. The van der Waals surface area contributed by atoms with Gasteiger partial charge in [0.25, 0.3) is 0 Å². The lowest BCUT2D eigenvalue weighted by Crippen LogP contribution is -2.34. The number of nitrogens with zero attached hydrogens (tertiary/aromatic N) is 2. The third-order valence-corrected chi connectivity index (χ3v) is 3.57. The molecule has 0 spiro atoms. The number of thiophene rings is 1. The van der Waals surface area contributed by atoms with Crippen molar-refractivity contribution in [3.8, 4) is 0 Å². The van der Waals surface area contributed by atoms with Crippen molar-refractivity contribution in [2.45, 2.75) is 13.0 Å². The molecule has 0 saturated carbocycles. The number of aromatic nitrogens is 3. The molecule has 0 unspecified atom stereocenters. The average Bonchev–Trinajstić information content (AvgIpc) is 3.06. The van der Waals surface area contributed by atoms with Crippen LogP contribution in [0.3, 0.4) is 0 Å². The summed E-state index contributed by atoms with van der Waals surface area (Å²) in [5, 5.41) is 7.97. The second-order valence-corrected chi connectivity index (χ2v) is 5.22. The fourth-order valence-corrected chi connectivity index (χ4v) is 2.45. The molecule has 8 heteroatoms. The maximum atomic E-state index is 12.3. The van der Waals surface area contributed by atoms with Gasteiger partial charge in [-0.25, -0.2) is 9.89 Å². The maximum Gasteiger partial charge on any atom is 0.340 e. The summed E-state index contributed by atoms with van der Waals surface area (Å²) in [5.41, 5.74) is -0.408. The Morgan fingerprint density at radius 1 is 1.55 bits per heavy atom. The molecule has 0 aliphatic rings. The van der Waals surface area contributed by atoms with Gasteiger partial charge in [0.2, 0.25) is 5.91 Å². The number of amides is 1. The van der Waals surface area contributed by atoms with E-state index in [1.807, 2.05) is 17.5 Å². The molecule has 0 aliphatic carbocycles. The summed E-state index contributed by atoms with van der Waals surface area (Å²) in [6.45, 7) is 1.50. The van der Waals surface area contributed by atoms with Gasteiger partial charge in [-0.3, -0.25) is 9.78 Å². The zero-order valence-electron chi connectivity index (χ0n) is 11.1. The summed E-state index contributed by atoms with van der Waals surface area (Å²) in [4.78, 5) is 28.5. The van der Waals surface area contributed by atoms with Gasteiger partial charge in [0.15, 0.2) is 0 Å². The maximum absolute atomic E-state index is 12.3. The van der Waals surface area contributed by atoms with Crippen LogP contribution in [0.4, 0.5) is 0 Å². The molecule has 0 bridgehead atoms. The molecule has 0 radical (unpaired) electrons. The van der Waals surface area contributed by atoms with Crippen LogP contribution >= 0.6 is 11.3 Å². The molecular formula is C12H16N4O3S. The second kappa shape index (κ2) is 7.01. The first-order valence-electron chi connectivity index (χ1n) is 6.11. The van der Waals surface area contributed by atoms with E-state index in [1.165, 1.54) is 0 Å². The van der Waals surface area contributed by atoms with Crippen LogP contribution in [0.25, 0.3) is 0 Å². The number of nitrogens with one attached hydrogen (secondary N) is 2. The molecule has 2 heterocycles. The Labute approximate surface area is 119 Å². The summed E-state index contributed by atoms with van der Waals surface area (Å²) >= 11 is 1.60. The fourth-order valence-electron chi connectivity index (χ4n) is 1.73. The predicted molar refractivity (Wildman–Crippen MR) is 74.5 cm³/mol. The monoisotopic (exact) mass is 296 g/mol. The third kappa shape index (κ3) is 4.04. The van der Waals surface area contributed by atoms with Gasteiger partial charge in [0.1, 0.15) is 5.82 Å². The van der Waals surface area contributed by atoms with Crippen molar-refractivity contribution in [3.05, 3.63) is 38.7 Å². The SMILES string of the molecule is COCCN(Cc1cccs1)C(=O)Cc1n[nH]c(=O)[nH]1. The van der Waals surface area contributed by atoms with Crippen molar-refractivity contribution < 1.29 is 9.53 Å². The predicted octanol–water partition coefficient (Wildman–Crippen LogP) is 0.377. The quantitative estimate of drug-likeness (QED) is 0.772. The largest absolute Gasteiger partial charge is 0.383 e. The molecule has 108 valence electrons. The summed E-state index contributed by atoms with van der Waals surface area (Å²) in [6.07, 6.45) is 0.0633. The number of aromatic amines is 2. The first-order chi connectivity index (χ1) is 9.69. The van der Waals surface area contributed by atoms with Gasteiger partial charge in [0, 0.05) is 18.5 Å². The molecule has 2 aromatic heterocycles. The van der Waals surface area contributed by atoms with Crippen molar-refractivity contribution in [1.29, 1.82) is 0 Å². The van der Waals surface area contributed by atoms with Crippen LogP contribution in [0.15, 0.2) is 22.3 Å². The Morgan fingerprint density at radius 3 is 3.00 bits per heavy atom. The van der Waals surface area contributed by atoms with Crippen LogP contribution in [0.1, 0.15) is 10.7 Å². The van der Waals surface area contributed by atoms with Crippen LogP contribution in [0.5, 0.6) is 0 Å². The number of rotatable bonds is 7. The van der Waals surface area contributed by atoms with E-state index in [9.17, 15) is 9.59 Å². The van der Waals surface area contributed by atoms with E-state index in [0.29, 0.717) is 25.5 Å². The number of H-pyrrole nitrogens is 2. The highest BCUT2D eigenvalue weighted by Gasteiger charge is 2.16. The van der Waals surface area contributed by atoms with Crippen molar-refractivity contribution in [1.82, 2.24) is 20.1 Å². The third-order valence-electron chi connectivity index (χ3n) is 2.71. The van der Waals surface area contributed by atoms with Gasteiger partial charge < -0.3 is 9.64 Å². The Morgan fingerprint density at radius 2 is 2.40 bits per heavy atom. The molecule has 20 heavy (non-hydrogen) atoms. The first-order valence-corrected chi connectivity index (χ1v) is 6.99. The van der Waals surface area contributed by atoms with E-state index in [2.05, 4.69) is 15.2 Å². The van der Waals surface area contributed by atoms with Gasteiger partial charge in [-0.05, 0) is 11.4 Å². The molecule has 2 rings (SSSR count).